The van der Waals surface area contributed by atoms with Gasteiger partial charge in [0.15, 0.2) is 0 Å². The lowest BCUT2D eigenvalue weighted by Gasteiger charge is -2.14. The molecule has 0 fully saturated rings. The fourth-order valence-corrected chi connectivity index (χ4v) is 1.36. The number of carbonyl (C=O) groups is 1. The molecular weight excluding hydrogens is 124 g/mol. The van der Waals surface area contributed by atoms with Gasteiger partial charge in [-0.1, -0.05) is 18.6 Å². The van der Waals surface area contributed by atoms with Crippen molar-refractivity contribution in [3.63, 3.8) is 0 Å². The van der Waals surface area contributed by atoms with Crippen LogP contribution in [0.1, 0.15) is 32.6 Å². The van der Waals surface area contributed by atoms with E-state index in [4.69, 9.17) is 0 Å². The third kappa shape index (κ3) is 1.69. The standard InChI is InChI=1S/C9H14O/c1-8(7-10)9-5-3-2-4-6-9/h5,7-8H,2-4,6H2,1H3/t8-/m0/s1. The van der Waals surface area contributed by atoms with Gasteiger partial charge in [0, 0.05) is 5.92 Å². The number of allylic oxidation sites excluding steroid dienone is 2. The van der Waals surface area contributed by atoms with Crippen molar-refractivity contribution in [1.29, 1.82) is 0 Å². The fourth-order valence-electron chi connectivity index (χ4n) is 1.36. The van der Waals surface area contributed by atoms with Crippen LogP contribution in [0.4, 0.5) is 0 Å². The molecular formula is C9H14O. The second kappa shape index (κ2) is 3.55. The van der Waals surface area contributed by atoms with E-state index in [2.05, 4.69) is 6.08 Å². The first-order chi connectivity index (χ1) is 4.84. The highest BCUT2D eigenvalue weighted by Gasteiger charge is 2.09. The Morgan fingerprint density at radius 2 is 2.40 bits per heavy atom. The Bertz CT molecular complexity index is 147. The molecule has 0 unspecified atom stereocenters. The van der Waals surface area contributed by atoms with Gasteiger partial charge >= 0.3 is 0 Å². The van der Waals surface area contributed by atoms with Crippen molar-refractivity contribution < 1.29 is 4.79 Å². The highest BCUT2D eigenvalue weighted by Crippen LogP contribution is 2.22. The van der Waals surface area contributed by atoms with Gasteiger partial charge < -0.3 is 4.79 Å². The van der Waals surface area contributed by atoms with Crippen molar-refractivity contribution in [1.82, 2.24) is 0 Å². The summed E-state index contributed by atoms with van der Waals surface area (Å²) >= 11 is 0. The molecule has 56 valence electrons. The fraction of sp³-hybridized carbons (Fsp3) is 0.667. The smallest absolute Gasteiger partial charge is 0.126 e. The molecule has 0 saturated carbocycles. The quantitative estimate of drug-likeness (QED) is 0.423. The average molecular weight is 138 g/mol. The van der Waals surface area contributed by atoms with Gasteiger partial charge in [0.2, 0.25) is 0 Å². The lowest BCUT2D eigenvalue weighted by molar-refractivity contribution is -0.109. The van der Waals surface area contributed by atoms with Gasteiger partial charge in [-0.25, -0.2) is 0 Å². The molecule has 0 aromatic heterocycles. The summed E-state index contributed by atoms with van der Waals surface area (Å²) in [4.78, 5) is 10.4. The largest absolute Gasteiger partial charge is 0.303 e. The van der Waals surface area contributed by atoms with Crippen LogP contribution < -0.4 is 0 Å². The minimum Gasteiger partial charge on any atom is -0.303 e. The van der Waals surface area contributed by atoms with Crippen LogP contribution >= 0.6 is 0 Å². The van der Waals surface area contributed by atoms with Crippen LogP contribution in [0.3, 0.4) is 0 Å². The second-order valence-electron chi connectivity index (χ2n) is 2.95. The van der Waals surface area contributed by atoms with Crippen LogP contribution in [-0.2, 0) is 4.79 Å². The molecule has 0 radical (unpaired) electrons. The first kappa shape index (κ1) is 7.52. The molecule has 0 N–H and O–H groups in total. The summed E-state index contributed by atoms with van der Waals surface area (Å²) in [6, 6.07) is 0. The van der Waals surface area contributed by atoms with Gasteiger partial charge in [0.25, 0.3) is 0 Å². The Balaban J connectivity index is 2.52. The molecule has 0 heterocycles. The Morgan fingerprint density at radius 1 is 1.60 bits per heavy atom. The van der Waals surface area contributed by atoms with Gasteiger partial charge in [-0.05, 0) is 25.7 Å². The molecule has 0 amide bonds. The maximum Gasteiger partial charge on any atom is 0.126 e. The van der Waals surface area contributed by atoms with Crippen molar-refractivity contribution in [2.24, 2.45) is 5.92 Å². The Labute approximate surface area is 62.1 Å². The summed E-state index contributed by atoms with van der Waals surface area (Å²) in [5.41, 5.74) is 1.35. The zero-order chi connectivity index (χ0) is 7.40. The summed E-state index contributed by atoms with van der Waals surface area (Å²) in [7, 11) is 0. The number of aldehydes is 1. The van der Waals surface area contributed by atoms with E-state index in [1.807, 2.05) is 6.92 Å². The normalized spacial score (nSPS) is 21.5. The number of hydrogen-bond acceptors (Lipinski definition) is 1. The summed E-state index contributed by atoms with van der Waals surface area (Å²) in [5.74, 6) is 0.167. The zero-order valence-corrected chi connectivity index (χ0v) is 6.47. The SMILES string of the molecule is C[C@@H](C=O)C1=CCCCC1. The first-order valence-corrected chi connectivity index (χ1v) is 3.99. The van der Waals surface area contributed by atoms with E-state index >= 15 is 0 Å². The van der Waals surface area contributed by atoms with Crippen LogP contribution in [0.5, 0.6) is 0 Å². The molecule has 10 heavy (non-hydrogen) atoms. The molecule has 1 heteroatoms. The van der Waals surface area contributed by atoms with Gasteiger partial charge in [-0.2, -0.15) is 0 Å². The minimum absolute atomic E-state index is 0.167. The molecule has 1 aliphatic rings. The molecule has 0 spiro atoms. The van der Waals surface area contributed by atoms with Gasteiger partial charge in [-0.15, -0.1) is 0 Å². The summed E-state index contributed by atoms with van der Waals surface area (Å²) in [6.07, 6.45) is 8.15. The lowest BCUT2D eigenvalue weighted by Crippen LogP contribution is -2.03. The predicted octanol–water partition coefficient (Wildman–Crippen LogP) is 2.32. The maximum atomic E-state index is 10.4. The third-order valence-corrected chi connectivity index (χ3v) is 2.12. The number of carbonyl (C=O) groups excluding carboxylic acids is 1. The van der Waals surface area contributed by atoms with E-state index in [1.165, 1.54) is 24.8 Å². The van der Waals surface area contributed by atoms with Crippen LogP contribution in [0, 0.1) is 5.92 Å². The van der Waals surface area contributed by atoms with Crippen molar-refractivity contribution in [3.05, 3.63) is 11.6 Å². The van der Waals surface area contributed by atoms with Gasteiger partial charge in [0.1, 0.15) is 6.29 Å². The molecule has 1 rings (SSSR count). The monoisotopic (exact) mass is 138 g/mol. The van der Waals surface area contributed by atoms with E-state index in [0.717, 1.165) is 12.7 Å². The van der Waals surface area contributed by atoms with E-state index in [-0.39, 0.29) is 5.92 Å². The molecule has 1 atom stereocenters. The number of rotatable bonds is 2. The topological polar surface area (TPSA) is 17.1 Å². The van der Waals surface area contributed by atoms with Crippen LogP contribution in [0.15, 0.2) is 11.6 Å². The molecule has 0 aromatic rings. The highest BCUT2D eigenvalue weighted by molar-refractivity contribution is 5.58. The third-order valence-electron chi connectivity index (χ3n) is 2.12. The predicted molar refractivity (Wildman–Crippen MR) is 41.8 cm³/mol. The molecule has 0 bridgehead atoms. The van der Waals surface area contributed by atoms with Gasteiger partial charge in [0.05, 0.1) is 0 Å². The van der Waals surface area contributed by atoms with E-state index in [0.29, 0.717) is 0 Å². The summed E-state index contributed by atoms with van der Waals surface area (Å²) < 4.78 is 0. The van der Waals surface area contributed by atoms with Crippen molar-refractivity contribution in [3.8, 4) is 0 Å². The minimum atomic E-state index is 0.167. The molecule has 1 nitrogen and oxygen atoms in total. The second-order valence-corrected chi connectivity index (χ2v) is 2.95. The van der Waals surface area contributed by atoms with Crippen molar-refractivity contribution in [2.45, 2.75) is 32.6 Å². The Hall–Kier alpha value is -0.590. The molecule has 0 saturated heterocycles. The average Bonchev–Trinajstić information content (AvgIpc) is 2.05. The molecule has 0 aliphatic heterocycles. The van der Waals surface area contributed by atoms with E-state index in [1.54, 1.807) is 0 Å². The van der Waals surface area contributed by atoms with Gasteiger partial charge in [-0.3, -0.25) is 0 Å². The van der Waals surface area contributed by atoms with Crippen molar-refractivity contribution in [2.75, 3.05) is 0 Å². The van der Waals surface area contributed by atoms with Crippen LogP contribution in [0.25, 0.3) is 0 Å². The van der Waals surface area contributed by atoms with Crippen LogP contribution in [-0.4, -0.2) is 6.29 Å². The summed E-state index contributed by atoms with van der Waals surface area (Å²) in [6.45, 7) is 1.98. The highest BCUT2D eigenvalue weighted by atomic mass is 16.1. The van der Waals surface area contributed by atoms with Crippen molar-refractivity contribution >= 4 is 6.29 Å². The Morgan fingerprint density at radius 3 is 2.90 bits per heavy atom. The number of hydrogen-bond donors (Lipinski definition) is 0. The lowest BCUT2D eigenvalue weighted by atomic mass is 9.91. The zero-order valence-electron chi connectivity index (χ0n) is 6.47. The Kier molecular flexibility index (Phi) is 2.67. The molecule has 0 aromatic carbocycles. The van der Waals surface area contributed by atoms with E-state index < -0.39 is 0 Å². The maximum absolute atomic E-state index is 10.4. The van der Waals surface area contributed by atoms with E-state index in [9.17, 15) is 4.79 Å². The molecule has 1 aliphatic carbocycles. The summed E-state index contributed by atoms with van der Waals surface area (Å²) in [5, 5.41) is 0. The first-order valence-electron chi connectivity index (χ1n) is 3.99. The van der Waals surface area contributed by atoms with Crippen LogP contribution in [0.2, 0.25) is 0 Å².